The number of carbonyl (C=O) groups excluding carboxylic acids is 1. The molecule has 3 aromatic rings. The maximum atomic E-state index is 12.9. The third-order valence-corrected chi connectivity index (χ3v) is 5.87. The number of hydrogen-bond donors (Lipinski definition) is 0. The number of fused-ring (bicyclic) bond motifs is 1. The summed E-state index contributed by atoms with van der Waals surface area (Å²) in [6.45, 7) is 6.52. The molecule has 1 aliphatic heterocycles. The quantitative estimate of drug-likeness (QED) is 0.628. The van der Waals surface area contributed by atoms with Crippen LogP contribution in [0.2, 0.25) is 0 Å². The first-order chi connectivity index (χ1) is 14.5. The average Bonchev–Trinajstić information content (AvgIpc) is 3.04. The molecule has 0 bridgehead atoms. The van der Waals surface area contributed by atoms with Gasteiger partial charge in [-0.05, 0) is 30.5 Å². The van der Waals surface area contributed by atoms with E-state index in [0.717, 1.165) is 29.8 Å². The number of nitrogens with zero attached hydrogens (tertiary/aromatic N) is 3. The van der Waals surface area contributed by atoms with E-state index >= 15 is 0 Å². The van der Waals surface area contributed by atoms with Crippen LogP contribution in [0.1, 0.15) is 39.2 Å². The standard InChI is InChI=1S/C25H29N3O2/c1-18-7-6-9-20(13-18)14-25(29)28-12-11-24-22(15-28)23(26-27(24)3)17-30-16-21-10-5-4-8-19(21)2/h4-10,13H,11-12,14-17H2,1-3H3. The summed E-state index contributed by atoms with van der Waals surface area (Å²) in [4.78, 5) is 14.9. The van der Waals surface area contributed by atoms with Crippen LogP contribution in [-0.2, 0) is 49.2 Å². The van der Waals surface area contributed by atoms with Crippen molar-refractivity contribution < 1.29 is 9.53 Å². The fourth-order valence-electron chi connectivity index (χ4n) is 4.14. The second kappa shape index (κ2) is 8.84. The van der Waals surface area contributed by atoms with Crippen LogP contribution in [0.15, 0.2) is 48.5 Å². The van der Waals surface area contributed by atoms with Gasteiger partial charge in [0.05, 0.1) is 25.3 Å². The van der Waals surface area contributed by atoms with Crippen molar-refractivity contribution >= 4 is 5.91 Å². The first-order valence-electron chi connectivity index (χ1n) is 10.5. The van der Waals surface area contributed by atoms with Crippen LogP contribution in [0.4, 0.5) is 0 Å². The fourth-order valence-corrected chi connectivity index (χ4v) is 4.14. The first kappa shape index (κ1) is 20.4. The number of aromatic nitrogens is 2. The third kappa shape index (κ3) is 4.46. The molecule has 1 aliphatic rings. The van der Waals surface area contributed by atoms with Crippen LogP contribution in [0.5, 0.6) is 0 Å². The van der Waals surface area contributed by atoms with E-state index in [9.17, 15) is 4.79 Å². The molecule has 2 heterocycles. The van der Waals surface area contributed by atoms with Crippen molar-refractivity contribution in [3.8, 4) is 0 Å². The van der Waals surface area contributed by atoms with E-state index in [-0.39, 0.29) is 5.91 Å². The van der Waals surface area contributed by atoms with Gasteiger partial charge in [-0.25, -0.2) is 0 Å². The number of aryl methyl sites for hydroxylation is 3. The molecule has 5 nitrogen and oxygen atoms in total. The largest absolute Gasteiger partial charge is 0.370 e. The lowest BCUT2D eigenvalue weighted by molar-refractivity contribution is -0.131. The number of ether oxygens (including phenoxy) is 1. The van der Waals surface area contributed by atoms with Gasteiger partial charge in [0, 0.05) is 37.8 Å². The molecule has 4 rings (SSSR count). The zero-order chi connectivity index (χ0) is 21.1. The van der Waals surface area contributed by atoms with Crippen molar-refractivity contribution in [2.45, 2.75) is 46.4 Å². The van der Waals surface area contributed by atoms with E-state index in [1.165, 1.54) is 22.4 Å². The van der Waals surface area contributed by atoms with Gasteiger partial charge in [0.1, 0.15) is 0 Å². The molecule has 0 N–H and O–H groups in total. The Balaban J connectivity index is 1.42. The van der Waals surface area contributed by atoms with Gasteiger partial charge in [-0.1, -0.05) is 54.1 Å². The summed E-state index contributed by atoms with van der Waals surface area (Å²) in [5.74, 6) is 0.168. The first-order valence-corrected chi connectivity index (χ1v) is 10.5. The number of amides is 1. The van der Waals surface area contributed by atoms with E-state index in [4.69, 9.17) is 4.74 Å². The van der Waals surface area contributed by atoms with Crippen molar-refractivity contribution in [2.24, 2.45) is 7.05 Å². The van der Waals surface area contributed by atoms with Crippen LogP contribution >= 0.6 is 0 Å². The summed E-state index contributed by atoms with van der Waals surface area (Å²) < 4.78 is 7.94. The topological polar surface area (TPSA) is 47.4 Å². The molecule has 0 fully saturated rings. The monoisotopic (exact) mass is 403 g/mol. The van der Waals surface area contributed by atoms with Gasteiger partial charge in [-0.3, -0.25) is 9.48 Å². The van der Waals surface area contributed by atoms with Crippen molar-refractivity contribution in [2.75, 3.05) is 6.54 Å². The number of hydrogen-bond acceptors (Lipinski definition) is 3. The Morgan fingerprint density at radius 3 is 2.73 bits per heavy atom. The molecule has 0 saturated carbocycles. The smallest absolute Gasteiger partial charge is 0.227 e. The highest BCUT2D eigenvalue weighted by atomic mass is 16.5. The van der Waals surface area contributed by atoms with Crippen LogP contribution in [0.3, 0.4) is 0 Å². The molecule has 0 atom stereocenters. The molecule has 2 aromatic carbocycles. The molecule has 0 saturated heterocycles. The van der Waals surface area contributed by atoms with Crippen LogP contribution in [0.25, 0.3) is 0 Å². The summed E-state index contributed by atoms with van der Waals surface area (Å²) in [6, 6.07) is 16.4. The van der Waals surface area contributed by atoms with E-state index in [0.29, 0.717) is 26.2 Å². The Morgan fingerprint density at radius 1 is 1.10 bits per heavy atom. The van der Waals surface area contributed by atoms with E-state index < -0.39 is 0 Å². The van der Waals surface area contributed by atoms with Gasteiger partial charge < -0.3 is 9.64 Å². The lowest BCUT2D eigenvalue weighted by Gasteiger charge is -2.28. The highest BCUT2D eigenvalue weighted by Crippen LogP contribution is 2.24. The minimum absolute atomic E-state index is 0.168. The minimum atomic E-state index is 0.168. The van der Waals surface area contributed by atoms with E-state index in [2.05, 4.69) is 43.2 Å². The molecule has 156 valence electrons. The van der Waals surface area contributed by atoms with Gasteiger partial charge in [0.2, 0.25) is 5.91 Å². The van der Waals surface area contributed by atoms with Gasteiger partial charge in [-0.15, -0.1) is 0 Å². The maximum absolute atomic E-state index is 12.9. The Labute approximate surface area is 178 Å². The van der Waals surface area contributed by atoms with Gasteiger partial charge in [0.25, 0.3) is 0 Å². The van der Waals surface area contributed by atoms with Crippen LogP contribution in [-0.4, -0.2) is 27.1 Å². The summed E-state index contributed by atoms with van der Waals surface area (Å²) in [6.07, 6.45) is 1.27. The minimum Gasteiger partial charge on any atom is -0.370 e. The zero-order valence-electron chi connectivity index (χ0n) is 18.0. The fraction of sp³-hybridized carbons (Fsp3) is 0.360. The second-order valence-electron chi connectivity index (χ2n) is 8.15. The Bertz CT molecular complexity index is 1050. The summed E-state index contributed by atoms with van der Waals surface area (Å²) >= 11 is 0. The van der Waals surface area contributed by atoms with Crippen molar-refractivity contribution in [1.29, 1.82) is 0 Å². The van der Waals surface area contributed by atoms with Gasteiger partial charge in [0.15, 0.2) is 0 Å². The maximum Gasteiger partial charge on any atom is 0.227 e. The molecular formula is C25H29N3O2. The van der Waals surface area contributed by atoms with Crippen molar-refractivity contribution in [3.05, 3.63) is 87.7 Å². The predicted octanol–water partition coefficient (Wildman–Crippen LogP) is 3.88. The van der Waals surface area contributed by atoms with Gasteiger partial charge in [-0.2, -0.15) is 5.10 Å². The van der Waals surface area contributed by atoms with E-state index in [1.807, 2.05) is 40.9 Å². The molecule has 0 unspecified atom stereocenters. The van der Waals surface area contributed by atoms with Crippen LogP contribution < -0.4 is 0 Å². The SMILES string of the molecule is Cc1cccc(CC(=O)N2CCc3c(c(COCc4ccccc4C)nn3C)C2)c1. The Kier molecular flexibility index (Phi) is 6.00. The van der Waals surface area contributed by atoms with E-state index in [1.54, 1.807) is 0 Å². The molecule has 30 heavy (non-hydrogen) atoms. The molecule has 0 spiro atoms. The second-order valence-corrected chi connectivity index (χ2v) is 8.15. The van der Waals surface area contributed by atoms with Crippen LogP contribution in [0, 0.1) is 13.8 Å². The van der Waals surface area contributed by atoms with Gasteiger partial charge >= 0.3 is 0 Å². The molecular weight excluding hydrogens is 374 g/mol. The lowest BCUT2D eigenvalue weighted by Crippen LogP contribution is -2.37. The molecule has 1 amide bonds. The summed E-state index contributed by atoms with van der Waals surface area (Å²) in [5, 5.41) is 4.69. The number of rotatable bonds is 6. The number of carbonyl (C=O) groups is 1. The lowest BCUT2D eigenvalue weighted by atomic mass is 10.0. The highest BCUT2D eigenvalue weighted by molar-refractivity contribution is 5.79. The normalized spacial score (nSPS) is 13.4. The Morgan fingerprint density at radius 2 is 1.93 bits per heavy atom. The summed E-state index contributed by atoms with van der Waals surface area (Å²) in [7, 11) is 1.98. The summed E-state index contributed by atoms with van der Waals surface area (Å²) in [5.41, 5.74) is 7.97. The third-order valence-electron chi connectivity index (χ3n) is 5.87. The molecule has 1 aromatic heterocycles. The Hall–Kier alpha value is -2.92. The average molecular weight is 404 g/mol. The number of benzene rings is 2. The molecule has 5 heteroatoms. The highest BCUT2D eigenvalue weighted by Gasteiger charge is 2.26. The molecule has 0 radical (unpaired) electrons. The predicted molar refractivity (Wildman–Crippen MR) is 117 cm³/mol. The molecule has 0 aliphatic carbocycles. The zero-order valence-corrected chi connectivity index (χ0v) is 18.0. The van der Waals surface area contributed by atoms with Crippen molar-refractivity contribution in [1.82, 2.24) is 14.7 Å². The van der Waals surface area contributed by atoms with Crippen molar-refractivity contribution in [3.63, 3.8) is 0 Å².